The number of anilines is 2. The Labute approximate surface area is 287 Å². The second-order valence-corrected chi connectivity index (χ2v) is 16.5. The third-order valence-corrected chi connectivity index (χ3v) is 10.1. The average molecular weight is 703 g/mol. The van der Waals surface area contributed by atoms with E-state index in [2.05, 4.69) is 29.4 Å². The molecule has 256 valence electrons. The lowest BCUT2D eigenvalue weighted by Gasteiger charge is -2.20. The SMILES string of the molecule is COc1ccccc1Oc1c(NS(=O)(=O)c2ccc(C(C)(C)C)cc2)nc(-c2ncccn2)nc1NS(=O)(=O)c1ccc(C(C)(C)C)cc1. The minimum Gasteiger partial charge on any atom is -0.493 e. The number of para-hydroxylation sites is 2. The van der Waals surface area contributed by atoms with Crippen LogP contribution in [0.1, 0.15) is 52.7 Å². The van der Waals surface area contributed by atoms with E-state index in [4.69, 9.17) is 9.47 Å². The monoisotopic (exact) mass is 702 g/mol. The van der Waals surface area contributed by atoms with Gasteiger partial charge in [0.25, 0.3) is 20.0 Å². The molecule has 0 spiro atoms. The van der Waals surface area contributed by atoms with Crippen molar-refractivity contribution in [3.8, 4) is 28.9 Å². The van der Waals surface area contributed by atoms with E-state index < -0.39 is 20.0 Å². The molecule has 0 aliphatic heterocycles. The standard InChI is InChI=1S/C35H38N6O6S2/c1-34(2,3)23-13-17-25(18-14-23)48(42,43)40-30-29(47-28-12-9-8-11-27(28)46-7)31(39-33(38-30)32-36-21-10-22-37-32)41-49(44,45)26-19-15-24(16-20-26)35(4,5)6/h8-22H,1-7H3,(H2,38,39,40,41). The van der Waals surface area contributed by atoms with Gasteiger partial charge in [0.05, 0.1) is 16.9 Å². The molecule has 12 nitrogen and oxygen atoms in total. The van der Waals surface area contributed by atoms with Gasteiger partial charge >= 0.3 is 0 Å². The van der Waals surface area contributed by atoms with Gasteiger partial charge in [0.2, 0.25) is 11.6 Å². The van der Waals surface area contributed by atoms with Gasteiger partial charge in [-0.05, 0) is 64.4 Å². The summed E-state index contributed by atoms with van der Waals surface area (Å²) in [5.74, 6) is -0.814. The summed E-state index contributed by atoms with van der Waals surface area (Å²) in [5.41, 5.74) is 1.46. The van der Waals surface area contributed by atoms with Crippen molar-refractivity contribution in [2.24, 2.45) is 0 Å². The third kappa shape index (κ3) is 8.15. The molecule has 49 heavy (non-hydrogen) atoms. The van der Waals surface area contributed by atoms with Crippen molar-refractivity contribution < 1.29 is 26.3 Å². The zero-order valence-electron chi connectivity index (χ0n) is 28.2. The lowest BCUT2D eigenvalue weighted by atomic mass is 9.87. The van der Waals surface area contributed by atoms with Gasteiger partial charge in [0.1, 0.15) is 0 Å². The quantitative estimate of drug-likeness (QED) is 0.156. The highest BCUT2D eigenvalue weighted by Crippen LogP contribution is 2.41. The number of methoxy groups -OCH3 is 1. The van der Waals surface area contributed by atoms with E-state index in [1.165, 1.54) is 43.8 Å². The van der Waals surface area contributed by atoms with Crippen LogP contribution in [0.5, 0.6) is 17.2 Å². The maximum Gasteiger partial charge on any atom is 0.263 e. The fourth-order valence-electron chi connectivity index (χ4n) is 4.65. The minimum atomic E-state index is -4.31. The van der Waals surface area contributed by atoms with E-state index in [-0.39, 0.29) is 61.2 Å². The van der Waals surface area contributed by atoms with Crippen LogP contribution in [0.4, 0.5) is 11.6 Å². The Morgan fingerprint density at radius 3 is 1.41 bits per heavy atom. The van der Waals surface area contributed by atoms with Gasteiger partial charge in [-0.15, -0.1) is 0 Å². The molecule has 2 heterocycles. The largest absolute Gasteiger partial charge is 0.493 e. The highest BCUT2D eigenvalue weighted by Gasteiger charge is 2.28. The van der Waals surface area contributed by atoms with E-state index in [1.807, 2.05) is 41.5 Å². The normalized spacial score (nSPS) is 12.3. The summed E-state index contributed by atoms with van der Waals surface area (Å²) in [6.45, 7) is 12.1. The van der Waals surface area contributed by atoms with Crippen LogP contribution in [0, 0.1) is 0 Å². The van der Waals surface area contributed by atoms with E-state index in [0.29, 0.717) is 0 Å². The smallest absolute Gasteiger partial charge is 0.263 e. The predicted octanol–water partition coefficient (Wildman–Crippen LogP) is 6.93. The minimum absolute atomic E-state index is 0.0105. The molecule has 0 saturated carbocycles. The van der Waals surface area contributed by atoms with Gasteiger partial charge < -0.3 is 9.47 Å². The van der Waals surface area contributed by atoms with Crippen LogP contribution in [-0.4, -0.2) is 43.9 Å². The van der Waals surface area contributed by atoms with Crippen molar-refractivity contribution in [1.82, 2.24) is 19.9 Å². The first-order valence-electron chi connectivity index (χ1n) is 15.2. The van der Waals surface area contributed by atoms with Crippen LogP contribution in [0.3, 0.4) is 0 Å². The van der Waals surface area contributed by atoms with Crippen LogP contribution in [0.2, 0.25) is 0 Å². The number of aromatic nitrogens is 4. The number of ether oxygens (including phenoxy) is 2. The average Bonchev–Trinajstić information content (AvgIpc) is 3.05. The molecule has 0 aliphatic rings. The van der Waals surface area contributed by atoms with Crippen molar-refractivity contribution in [1.29, 1.82) is 0 Å². The molecule has 0 fully saturated rings. The summed E-state index contributed by atoms with van der Waals surface area (Å²) < 4.78 is 72.0. The molecule has 2 aromatic heterocycles. The molecule has 5 rings (SSSR count). The number of hydrogen-bond acceptors (Lipinski definition) is 10. The highest BCUT2D eigenvalue weighted by molar-refractivity contribution is 7.93. The summed E-state index contributed by atoms with van der Waals surface area (Å²) in [6, 6.07) is 21.0. The van der Waals surface area contributed by atoms with Gasteiger partial charge in [0.15, 0.2) is 29.0 Å². The van der Waals surface area contributed by atoms with Gasteiger partial charge in [-0.1, -0.05) is 77.9 Å². The first-order valence-corrected chi connectivity index (χ1v) is 18.2. The van der Waals surface area contributed by atoms with Crippen molar-refractivity contribution in [2.75, 3.05) is 16.6 Å². The number of rotatable bonds is 10. The third-order valence-electron chi connectivity index (χ3n) is 7.44. The summed E-state index contributed by atoms with van der Waals surface area (Å²) in [6.07, 6.45) is 2.90. The van der Waals surface area contributed by atoms with Crippen LogP contribution in [-0.2, 0) is 30.9 Å². The van der Waals surface area contributed by atoms with Gasteiger partial charge in [-0.25, -0.2) is 36.8 Å². The fourth-order valence-corrected chi connectivity index (χ4v) is 6.66. The van der Waals surface area contributed by atoms with Crippen LogP contribution in [0.25, 0.3) is 11.6 Å². The molecular formula is C35H38N6O6S2. The zero-order valence-corrected chi connectivity index (χ0v) is 29.8. The molecule has 14 heteroatoms. The fraction of sp³-hybridized carbons (Fsp3) is 0.257. The van der Waals surface area contributed by atoms with E-state index in [1.54, 1.807) is 54.6 Å². The maximum atomic E-state index is 13.8. The molecule has 0 saturated heterocycles. The number of nitrogens with one attached hydrogen (secondary N) is 2. The molecule has 0 radical (unpaired) electrons. The molecule has 5 aromatic rings. The predicted molar refractivity (Wildman–Crippen MR) is 188 cm³/mol. The number of nitrogens with zero attached hydrogens (tertiary/aromatic N) is 4. The molecule has 0 bridgehead atoms. The van der Waals surface area contributed by atoms with E-state index >= 15 is 0 Å². The summed E-state index contributed by atoms with van der Waals surface area (Å²) in [7, 11) is -7.18. The Balaban J connectivity index is 1.69. The lowest BCUT2D eigenvalue weighted by molar-refractivity contribution is 0.379. The van der Waals surface area contributed by atoms with Crippen LogP contribution >= 0.6 is 0 Å². The first-order chi connectivity index (χ1) is 23.0. The van der Waals surface area contributed by atoms with E-state index in [9.17, 15) is 16.8 Å². The Hall–Kier alpha value is -5.08. The Morgan fingerprint density at radius 1 is 0.571 bits per heavy atom. The van der Waals surface area contributed by atoms with Crippen molar-refractivity contribution in [3.63, 3.8) is 0 Å². The zero-order chi connectivity index (χ0) is 35.6. The molecule has 0 unspecified atom stereocenters. The Kier molecular flexibility index (Phi) is 9.66. The Morgan fingerprint density at radius 2 is 1.00 bits per heavy atom. The van der Waals surface area contributed by atoms with Crippen LogP contribution < -0.4 is 18.9 Å². The maximum absolute atomic E-state index is 13.8. The van der Waals surface area contributed by atoms with Crippen molar-refractivity contribution in [2.45, 2.75) is 62.2 Å². The molecule has 0 atom stereocenters. The second kappa shape index (κ2) is 13.4. The molecule has 2 N–H and O–H groups in total. The number of hydrogen-bond donors (Lipinski definition) is 2. The summed E-state index contributed by atoms with van der Waals surface area (Å²) in [4.78, 5) is 17.2. The summed E-state index contributed by atoms with van der Waals surface area (Å²) in [5, 5.41) is 0. The molecule has 3 aromatic carbocycles. The van der Waals surface area contributed by atoms with Gasteiger partial charge in [0, 0.05) is 12.4 Å². The molecule has 0 aliphatic carbocycles. The number of benzene rings is 3. The van der Waals surface area contributed by atoms with Gasteiger partial charge in [-0.3, -0.25) is 9.44 Å². The highest BCUT2D eigenvalue weighted by atomic mass is 32.2. The second-order valence-electron chi connectivity index (χ2n) is 13.2. The van der Waals surface area contributed by atoms with Crippen molar-refractivity contribution in [3.05, 3.63) is 102 Å². The van der Waals surface area contributed by atoms with Crippen molar-refractivity contribution >= 4 is 31.7 Å². The van der Waals surface area contributed by atoms with Gasteiger partial charge in [-0.2, -0.15) is 0 Å². The Bertz CT molecular complexity index is 2050. The van der Waals surface area contributed by atoms with E-state index in [0.717, 1.165) is 11.1 Å². The number of sulfonamides is 2. The molecule has 0 amide bonds. The molecular weight excluding hydrogens is 665 g/mol. The summed E-state index contributed by atoms with van der Waals surface area (Å²) >= 11 is 0. The van der Waals surface area contributed by atoms with Crippen LogP contribution in [0.15, 0.2) is 101 Å². The topological polar surface area (TPSA) is 162 Å². The first kappa shape index (κ1) is 35.2. The lowest BCUT2D eigenvalue weighted by Crippen LogP contribution is -2.19.